The molecule has 1 N–H and O–H groups in total. The topological polar surface area (TPSA) is 66.8 Å². The Morgan fingerprint density at radius 2 is 2.31 bits per heavy atom. The van der Waals surface area contributed by atoms with Crippen molar-refractivity contribution in [3.05, 3.63) is 0 Å². The molecule has 0 saturated carbocycles. The van der Waals surface area contributed by atoms with Crippen molar-refractivity contribution >= 4 is 23.6 Å². The predicted octanol–water partition coefficient (Wildman–Crippen LogP) is 0.442. The van der Waals surface area contributed by atoms with Crippen LogP contribution in [0.3, 0.4) is 0 Å². The first-order valence-corrected chi connectivity index (χ1v) is 6.50. The molecule has 0 spiro atoms. The van der Waals surface area contributed by atoms with Gasteiger partial charge in [-0.2, -0.15) is 11.8 Å². The number of carbonyl (C=O) groups excluding carboxylic acids is 1. The van der Waals surface area contributed by atoms with Gasteiger partial charge in [-0.25, -0.2) is 4.79 Å². The first-order valence-electron chi connectivity index (χ1n) is 5.34. The van der Waals surface area contributed by atoms with Crippen molar-refractivity contribution in [2.75, 3.05) is 31.3 Å². The molecular weight excluding hydrogens is 230 g/mol. The predicted molar refractivity (Wildman–Crippen MR) is 61.6 cm³/mol. The molecule has 1 aliphatic heterocycles. The van der Waals surface area contributed by atoms with E-state index in [1.807, 2.05) is 6.92 Å². The number of thioether (sulfide) groups is 1. The van der Waals surface area contributed by atoms with Crippen molar-refractivity contribution in [3.8, 4) is 0 Å². The van der Waals surface area contributed by atoms with Gasteiger partial charge in [0.25, 0.3) is 0 Å². The number of rotatable bonds is 5. The zero-order valence-electron chi connectivity index (χ0n) is 9.35. The highest BCUT2D eigenvalue weighted by molar-refractivity contribution is 7.99. The fourth-order valence-electron chi connectivity index (χ4n) is 1.55. The number of carbonyl (C=O) groups is 2. The molecule has 6 heteroatoms. The monoisotopic (exact) mass is 247 g/mol. The Morgan fingerprint density at radius 1 is 1.56 bits per heavy atom. The third kappa shape index (κ3) is 3.68. The van der Waals surface area contributed by atoms with E-state index in [2.05, 4.69) is 0 Å². The Hall–Kier alpha value is -0.750. The Balaban J connectivity index is 2.47. The lowest BCUT2D eigenvalue weighted by Gasteiger charge is -2.32. The molecule has 0 aromatic carbocycles. The largest absolute Gasteiger partial charge is 0.480 e. The molecule has 1 heterocycles. The van der Waals surface area contributed by atoms with Gasteiger partial charge in [-0.3, -0.25) is 4.79 Å². The van der Waals surface area contributed by atoms with Crippen LogP contribution in [0.15, 0.2) is 0 Å². The Bertz CT molecular complexity index is 259. The lowest BCUT2D eigenvalue weighted by atomic mass is 10.2. The SMILES string of the molecule is CCOCCC(=O)N1CCSCC1C(=O)O. The zero-order chi connectivity index (χ0) is 12.0. The number of nitrogens with zero attached hydrogens (tertiary/aromatic N) is 1. The van der Waals surface area contributed by atoms with Crippen LogP contribution in [0, 0.1) is 0 Å². The fraction of sp³-hybridized carbons (Fsp3) is 0.800. The average molecular weight is 247 g/mol. The summed E-state index contributed by atoms with van der Waals surface area (Å²) in [4.78, 5) is 24.2. The molecule has 1 atom stereocenters. The summed E-state index contributed by atoms with van der Waals surface area (Å²) in [6.45, 7) is 3.32. The minimum Gasteiger partial charge on any atom is -0.480 e. The molecule has 0 radical (unpaired) electrons. The molecule has 0 bridgehead atoms. The second-order valence-corrected chi connectivity index (χ2v) is 4.61. The van der Waals surface area contributed by atoms with E-state index in [1.54, 1.807) is 11.8 Å². The second kappa shape index (κ2) is 6.75. The van der Waals surface area contributed by atoms with Gasteiger partial charge in [0.2, 0.25) is 5.91 Å². The maximum absolute atomic E-state index is 11.8. The average Bonchev–Trinajstić information content (AvgIpc) is 2.29. The van der Waals surface area contributed by atoms with Crippen molar-refractivity contribution in [3.63, 3.8) is 0 Å². The smallest absolute Gasteiger partial charge is 0.327 e. The minimum absolute atomic E-state index is 0.124. The molecule has 1 unspecified atom stereocenters. The van der Waals surface area contributed by atoms with Crippen LogP contribution < -0.4 is 0 Å². The van der Waals surface area contributed by atoms with Crippen LogP contribution in [0.25, 0.3) is 0 Å². The Morgan fingerprint density at radius 3 is 2.94 bits per heavy atom. The van der Waals surface area contributed by atoms with E-state index in [0.29, 0.717) is 25.5 Å². The number of aliphatic carboxylic acids is 1. The molecule has 0 aliphatic carbocycles. The first kappa shape index (κ1) is 13.3. The maximum Gasteiger partial charge on any atom is 0.327 e. The standard InChI is InChI=1S/C10H17NO4S/c1-2-15-5-3-9(12)11-4-6-16-7-8(11)10(13)14/h8H,2-7H2,1H3,(H,13,14). The first-order chi connectivity index (χ1) is 7.66. The molecule has 0 aromatic heterocycles. The van der Waals surface area contributed by atoms with Crippen molar-refractivity contribution < 1.29 is 19.4 Å². The van der Waals surface area contributed by atoms with Gasteiger partial charge in [0.05, 0.1) is 13.0 Å². The summed E-state index contributed by atoms with van der Waals surface area (Å²) in [6.07, 6.45) is 0.266. The lowest BCUT2D eigenvalue weighted by molar-refractivity contribution is -0.149. The van der Waals surface area contributed by atoms with Crippen LogP contribution in [-0.4, -0.2) is 59.2 Å². The number of hydrogen-bond acceptors (Lipinski definition) is 4. The summed E-state index contributed by atoms with van der Waals surface area (Å²) >= 11 is 1.57. The molecule has 1 rings (SSSR count). The molecule has 0 aromatic rings. The highest BCUT2D eigenvalue weighted by atomic mass is 32.2. The van der Waals surface area contributed by atoms with Crippen molar-refractivity contribution in [1.29, 1.82) is 0 Å². The number of ether oxygens (including phenoxy) is 1. The summed E-state index contributed by atoms with van der Waals surface area (Å²) in [5.41, 5.74) is 0. The van der Waals surface area contributed by atoms with Crippen LogP contribution in [0.2, 0.25) is 0 Å². The highest BCUT2D eigenvalue weighted by Crippen LogP contribution is 2.17. The number of amides is 1. The molecule has 92 valence electrons. The minimum atomic E-state index is -0.919. The number of carboxylic acid groups (broad SMARTS) is 1. The van der Waals surface area contributed by atoms with E-state index in [0.717, 1.165) is 5.75 Å². The maximum atomic E-state index is 11.8. The molecule has 5 nitrogen and oxygen atoms in total. The van der Waals surface area contributed by atoms with Crippen LogP contribution in [0.4, 0.5) is 0 Å². The van der Waals surface area contributed by atoms with Crippen molar-refractivity contribution in [1.82, 2.24) is 4.90 Å². The molecule has 1 amide bonds. The van der Waals surface area contributed by atoms with Crippen molar-refractivity contribution in [2.45, 2.75) is 19.4 Å². The molecule has 1 fully saturated rings. The molecular formula is C10H17NO4S. The van der Waals surface area contributed by atoms with Crippen LogP contribution in [0.1, 0.15) is 13.3 Å². The van der Waals surface area contributed by atoms with Crippen LogP contribution >= 0.6 is 11.8 Å². The van der Waals surface area contributed by atoms with E-state index >= 15 is 0 Å². The second-order valence-electron chi connectivity index (χ2n) is 3.46. The third-order valence-corrected chi connectivity index (χ3v) is 3.42. The summed E-state index contributed by atoms with van der Waals surface area (Å²) in [6, 6.07) is -0.673. The molecule has 16 heavy (non-hydrogen) atoms. The van der Waals surface area contributed by atoms with Gasteiger partial charge in [-0.1, -0.05) is 0 Å². The fourth-order valence-corrected chi connectivity index (χ4v) is 2.59. The number of carboxylic acids is 1. The lowest BCUT2D eigenvalue weighted by Crippen LogP contribution is -2.50. The van der Waals surface area contributed by atoms with Gasteiger partial charge in [0.1, 0.15) is 6.04 Å². The summed E-state index contributed by atoms with van der Waals surface area (Å²) in [7, 11) is 0. The molecule has 1 saturated heterocycles. The number of hydrogen-bond donors (Lipinski definition) is 1. The van der Waals surface area contributed by atoms with Gasteiger partial charge in [-0.05, 0) is 6.92 Å². The Kier molecular flexibility index (Phi) is 5.62. The van der Waals surface area contributed by atoms with E-state index in [4.69, 9.17) is 9.84 Å². The van der Waals surface area contributed by atoms with E-state index < -0.39 is 12.0 Å². The van der Waals surface area contributed by atoms with Gasteiger partial charge in [-0.15, -0.1) is 0 Å². The summed E-state index contributed by atoms with van der Waals surface area (Å²) < 4.78 is 5.09. The van der Waals surface area contributed by atoms with E-state index in [1.165, 1.54) is 4.90 Å². The third-order valence-electron chi connectivity index (χ3n) is 2.40. The normalized spacial score (nSPS) is 20.8. The summed E-state index contributed by atoms with van der Waals surface area (Å²) in [5.74, 6) is 0.248. The van der Waals surface area contributed by atoms with Gasteiger partial charge < -0.3 is 14.7 Å². The van der Waals surface area contributed by atoms with Crippen LogP contribution in [-0.2, 0) is 14.3 Å². The quantitative estimate of drug-likeness (QED) is 0.714. The van der Waals surface area contributed by atoms with Gasteiger partial charge >= 0.3 is 5.97 Å². The van der Waals surface area contributed by atoms with Crippen LogP contribution in [0.5, 0.6) is 0 Å². The summed E-state index contributed by atoms with van der Waals surface area (Å²) in [5, 5.41) is 8.99. The highest BCUT2D eigenvalue weighted by Gasteiger charge is 2.31. The zero-order valence-corrected chi connectivity index (χ0v) is 10.2. The Labute approximate surface area is 99.1 Å². The van der Waals surface area contributed by atoms with E-state index in [9.17, 15) is 9.59 Å². The van der Waals surface area contributed by atoms with E-state index in [-0.39, 0.29) is 12.3 Å². The van der Waals surface area contributed by atoms with Gasteiger partial charge in [0, 0.05) is 24.7 Å². The van der Waals surface area contributed by atoms with Crippen molar-refractivity contribution in [2.24, 2.45) is 0 Å². The van der Waals surface area contributed by atoms with Gasteiger partial charge in [0.15, 0.2) is 0 Å². The molecule has 1 aliphatic rings.